The summed E-state index contributed by atoms with van der Waals surface area (Å²) in [7, 11) is 0. The molecule has 1 aliphatic rings. The lowest BCUT2D eigenvalue weighted by Crippen LogP contribution is -2.11. The van der Waals surface area contributed by atoms with Crippen LogP contribution >= 0.6 is 0 Å². The van der Waals surface area contributed by atoms with E-state index in [1.807, 2.05) is 0 Å². The van der Waals surface area contributed by atoms with Crippen LogP contribution in [0.5, 0.6) is 0 Å². The van der Waals surface area contributed by atoms with Crippen molar-refractivity contribution in [3.63, 3.8) is 0 Å². The van der Waals surface area contributed by atoms with Crippen LogP contribution in [-0.2, 0) is 4.74 Å². The molecule has 76 valence electrons. The Bertz CT molecular complexity index is 268. The summed E-state index contributed by atoms with van der Waals surface area (Å²) in [5, 5.41) is 0. The fraction of sp³-hybridized carbons (Fsp3) is 0.538. The number of ether oxygens (including phenoxy) is 1. The van der Waals surface area contributed by atoms with E-state index in [1.165, 1.54) is 24.8 Å². The van der Waals surface area contributed by atoms with Gasteiger partial charge in [0.05, 0.1) is 6.10 Å². The lowest BCUT2D eigenvalue weighted by Gasteiger charge is -2.21. The van der Waals surface area contributed by atoms with Crippen LogP contribution in [0.15, 0.2) is 30.3 Å². The third-order valence-corrected chi connectivity index (χ3v) is 3.00. The van der Waals surface area contributed by atoms with Crippen LogP contribution in [0.3, 0.4) is 0 Å². The Kier molecular flexibility index (Phi) is 3.20. The minimum absolute atomic E-state index is 0.318. The quantitative estimate of drug-likeness (QED) is 0.658. The van der Waals surface area contributed by atoms with E-state index in [0.717, 1.165) is 6.61 Å². The van der Waals surface area contributed by atoms with Crippen LogP contribution in [0.25, 0.3) is 0 Å². The first-order chi connectivity index (χ1) is 6.88. The van der Waals surface area contributed by atoms with E-state index in [9.17, 15) is 0 Å². The van der Waals surface area contributed by atoms with Crippen molar-refractivity contribution in [2.24, 2.45) is 5.92 Å². The molecule has 1 fully saturated rings. The summed E-state index contributed by atoms with van der Waals surface area (Å²) in [6.07, 6.45) is 4.14. The largest absolute Gasteiger partial charge is 0.373 e. The molecule has 1 heterocycles. The smallest absolute Gasteiger partial charge is 0.0850 e. The maximum atomic E-state index is 5.90. The van der Waals surface area contributed by atoms with E-state index in [0.29, 0.717) is 12.0 Å². The average Bonchev–Trinajstić information content (AvgIpc) is 2.44. The van der Waals surface area contributed by atoms with Crippen molar-refractivity contribution in [1.29, 1.82) is 0 Å². The van der Waals surface area contributed by atoms with Crippen molar-refractivity contribution in [3.05, 3.63) is 35.9 Å². The molecule has 0 aromatic heterocycles. The zero-order chi connectivity index (χ0) is 9.80. The fourth-order valence-electron chi connectivity index (χ4n) is 2.16. The lowest BCUT2D eigenvalue weighted by atomic mass is 9.94. The summed E-state index contributed by atoms with van der Waals surface area (Å²) in [6, 6.07) is 10.6. The van der Waals surface area contributed by atoms with Gasteiger partial charge in [-0.3, -0.25) is 0 Å². The van der Waals surface area contributed by atoms with Crippen LogP contribution in [0.2, 0.25) is 0 Å². The van der Waals surface area contributed by atoms with Gasteiger partial charge >= 0.3 is 0 Å². The fourth-order valence-corrected chi connectivity index (χ4v) is 2.16. The van der Waals surface area contributed by atoms with Crippen molar-refractivity contribution in [1.82, 2.24) is 0 Å². The minimum Gasteiger partial charge on any atom is -0.373 e. The van der Waals surface area contributed by atoms with E-state index in [-0.39, 0.29) is 0 Å². The first-order valence-corrected chi connectivity index (χ1v) is 5.54. The molecule has 2 atom stereocenters. The second-order valence-electron chi connectivity index (χ2n) is 4.18. The van der Waals surface area contributed by atoms with Crippen molar-refractivity contribution < 1.29 is 4.74 Å². The predicted octanol–water partition coefficient (Wildman–Crippen LogP) is 3.56. The Morgan fingerprint density at radius 2 is 1.93 bits per heavy atom. The maximum Gasteiger partial charge on any atom is 0.0850 e. The first-order valence-electron chi connectivity index (χ1n) is 5.54. The number of hydrogen-bond acceptors (Lipinski definition) is 1. The summed E-state index contributed by atoms with van der Waals surface area (Å²) in [5.41, 5.74) is 1.34. The number of rotatable bonds is 1. The van der Waals surface area contributed by atoms with Gasteiger partial charge in [-0.1, -0.05) is 43.7 Å². The molecule has 0 saturated carbocycles. The molecule has 14 heavy (non-hydrogen) atoms. The van der Waals surface area contributed by atoms with Crippen LogP contribution in [0.4, 0.5) is 0 Å². The van der Waals surface area contributed by atoms with Gasteiger partial charge in [-0.15, -0.1) is 0 Å². The van der Waals surface area contributed by atoms with E-state index in [4.69, 9.17) is 4.74 Å². The van der Waals surface area contributed by atoms with Crippen LogP contribution in [0.1, 0.15) is 37.9 Å². The molecule has 1 aromatic rings. The van der Waals surface area contributed by atoms with Crippen molar-refractivity contribution >= 4 is 0 Å². The Morgan fingerprint density at radius 3 is 2.71 bits per heavy atom. The Hall–Kier alpha value is -0.820. The van der Waals surface area contributed by atoms with Gasteiger partial charge in [0.25, 0.3) is 0 Å². The third-order valence-electron chi connectivity index (χ3n) is 3.00. The second-order valence-corrected chi connectivity index (χ2v) is 4.18. The van der Waals surface area contributed by atoms with Gasteiger partial charge in [0.15, 0.2) is 0 Å². The first kappa shape index (κ1) is 9.72. The molecule has 1 nitrogen and oxygen atoms in total. The molecule has 0 radical (unpaired) electrons. The normalized spacial score (nSPS) is 28.4. The summed E-state index contributed by atoms with van der Waals surface area (Å²) in [4.78, 5) is 0. The molecule has 0 N–H and O–H groups in total. The van der Waals surface area contributed by atoms with E-state index < -0.39 is 0 Å². The molecule has 0 amide bonds. The molecule has 1 saturated heterocycles. The van der Waals surface area contributed by atoms with Gasteiger partial charge in [0, 0.05) is 6.61 Å². The second kappa shape index (κ2) is 4.61. The highest BCUT2D eigenvalue weighted by molar-refractivity contribution is 5.18. The Morgan fingerprint density at radius 1 is 1.14 bits per heavy atom. The molecule has 2 unspecified atom stereocenters. The third kappa shape index (κ3) is 2.16. The maximum absolute atomic E-state index is 5.90. The van der Waals surface area contributed by atoms with Gasteiger partial charge in [-0.25, -0.2) is 0 Å². The summed E-state index contributed by atoms with van der Waals surface area (Å²) < 4.78 is 5.90. The predicted molar refractivity (Wildman–Crippen MR) is 58.2 cm³/mol. The highest BCUT2D eigenvalue weighted by Gasteiger charge is 2.21. The van der Waals surface area contributed by atoms with Gasteiger partial charge < -0.3 is 4.74 Å². The molecule has 2 rings (SSSR count). The molecule has 0 bridgehead atoms. The van der Waals surface area contributed by atoms with Crippen LogP contribution in [-0.4, -0.2) is 6.61 Å². The van der Waals surface area contributed by atoms with E-state index >= 15 is 0 Å². The van der Waals surface area contributed by atoms with E-state index in [2.05, 4.69) is 37.3 Å². The molecule has 0 spiro atoms. The Labute approximate surface area is 86.1 Å². The molecular formula is C13H18O. The van der Waals surface area contributed by atoms with Gasteiger partial charge in [0.2, 0.25) is 0 Å². The van der Waals surface area contributed by atoms with Crippen molar-refractivity contribution in [3.8, 4) is 0 Å². The molecule has 1 aliphatic heterocycles. The molecule has 1 aromatic carbocycles. The van der Waals surface area contributed by atoms with Crippen LogP contribution < -0.4 is 0 Å². The molecular weight excluding hydrogens is 172 g/mol. The topological polar surface area (TPSA) is 9.23 Å². The number of hydrogen-bond donors (Lipinski definition) is 0. The highest BCUT2D eigenvalue weighted by Crippen LogP contribution is 2.31. The monoisotopic (exact) mass is 190 g/mol. The zero-order valence-corrected chi connectivity index (χ0v) is 8.78. The van der Waals surface area contributed by atoms with Crippen molar-refractivity contribution in [2.45, 2.75) is 32.3 Å². The zero-order valence-electron chi connectivity index (χ0n) is 8.78. The average molecular weight is 190 g/mol. The molecule has 0 aliphatic carbocycles. The van der Waals surface area contributed by atoms with E-state index in [1.54, 1.807) is 0 Å². The van der Waals surface area contributed by atoms with Crippen molar-refractivity contribution in [2.75, 3.05) is 6.61 Å². The standard InChI is InChI=1S/C13H18O/c1-11-7-5-6-10-14-13(11)12-8-3-2-4-9-12/h2-4,8-9,11,13H,5-7,10H2,1H3. The Balaban J connectivity index is 2.15. The highest BCUT2D eigenvalue weighted by atomic mass is 16.5. The minimum atomic E-state index is 0.318. The summed E-state index contributed by atoms with van der Waals surface area (Å²) in [6.45, 7) is 3.22. The van der Waals surface area contributed by atoms with Gasteiger partial charge in [-0.2, -0.15) is 0 Å². The van der Waals surface area contributed by atoms with Gasteiger partial charge in [0.1, 0.15) is 0 Å². The molecule has 1 heteroatoms. The van der Waals surface area contributed by atoms with Crippen LogP contribution in [0, 0.1) is 5.92 Å². The van der Waals surface area contributed by atoms with Gasteiger partial charge in [-0.05, 0) is 24.3 Å². The summed E-state index contributed by atoms with van der Waals surface area (Å²) in [5.74, 6) is 0.653. The SMILES string of the molecule is CC1CCCCOC1c1ccccc1. The number of benzene rings is 1. The summed E-state index contributed by atoms with van der Waals surface area (Å²) >= 11 is 0. The lowest BCUT2D eigenvalue weighted by molar-refractivity contribution is 0.0293.